The van der Waals surface area contributed by atoms with Gasteiger partial charge in [-0.15, -0.1) is 11.8 Å². The molecule has 106 valence electrons. The number of esters is 1. The molecule has 4 nitrogen and oxygen atoms in total. The van der Waals surface area contributed by atoms with Crippen molar-refractivity contribution >= 4 is 33.7 Å². The smallest absolute Gasteiger partial charge is 0.341 e. The summed E-state index contributed by atoms with van der Waals surface area (Å²) >= 11 is 5.11. The van der Waals surface area contributed by atoms with Gasteiger partial charge in [-0.25, -0.2) is 4.79 Å². The van der Waals surface area contributed by atoms with Crippen LogP contribution in [0.4, 0.5) is 0 Å². The number of hydrogen-bond acceptors (Lipinski definition) is 4. The van der Waals surface area contributed by atoms with Gasteiger partial charge in [0.05, 0.1) is 18.5 Å². The highest BCUT2D eigenvalue weighted by Gasteiger charge is 2.17. The Hall–Kier alpha value is -1.27. The summed E-state index contributed by atoms with van der Waals surface area (Å²) in [5.41, 5.74) is 1.41. The van der Waals surface area contributed by atoms with Gasteiger partial charge in [0.25, 0.3) is 0 Å². The van der Waals surface area contributed by atoms with E-state index in [1.54, 1.807) is 29.6 Å². The third kappa shape index (κ3) is 3.64. The highest BCUT2D eigenvalue weighted by molar-refractivity contribution is 9.10. The average Bonchev–Trinajstić information content (AvgIpc) is 2.78. The molecule has 0 atom stereocenters. The molecule has 1 heterocycles. The van der Waals surface area contributed by atoms with Crippen LogP contribution in [0.1, 0.15) is 23.0 Å². The lowest BCUT2D eigenvalue weighted by Gasteiger charge is -2.06. The Morgan fingerprint density at radius 1 is 1.50 bits per heavy atom. The van der Waals surface area contributed by atoms with E-state index >= 15 is 0 Å². The van der Waals surface area contributed by atoms with Gasteiger partial charge in [-0.1, -0.05) is 22.0 Å². The Balaban J connectivity index is 2.13. The second kappa shape index (κ2) is 6.95. The van der Waals surface area contributed by atoms with E-state index < -0.39 is 0 Å². The Morgan fingerprint density at radius 3 is 3.00 bits per heavy atom. The maximum atomic E-state index is 11.9. The summed E-state index contributed by atoms with van der Waals surface area (Å²) in [4.78, 5) is 13.0. The van der Waals surface area contributed by atoms with Gasteiger partial charge in [0.15, 0.2) is 0 Å². The molecule has 1 aromatic heterocycles. The molecule has 0 fully saturated rings. The van der Waals surface area contributed by atoms with Crippen molar-refractivity contribution in [3.05, 3.63) is 46.2 Å². The first-order valence-corrected chi connectivity index (χ1v) is 7.96. The molecule has 6 heteroatoms. The molecule has 0 aliphatic heterocycles. The molecule has 2 rings (SSSR count). The zero-order valence-corrected chi connectivity index (χ0v) is 13.7. The van der Waals surface area contributed by atoms with Gasteiger partial charge in [0, 0.05) is 22.2 Å². The highest BCUT2D eigenvalue weighted by Crippen LogP contribution is 2.26. The molecule has 0 unspecified atom stereocenters. The van der Waals surface area contributed by atoms with Gasteiger partial charge < -0.3 is 4.74 Å². The second-order valence-corrected chi connectivity index (χ2v) is 6.06. The van der Waals surface area contributed by atoms with Gasteiger partial charge in [-0.3, -0.25) is 4.68 Å². The fraction of sp³-hybridized carbons (Fsp3) is 0.286. The maximum Gasteiger partial charge on any atom is 0.341 e. The summed E-state index contributed by atoms with van der Waals surface area (Å²) in [7, 11) is 1.83. The van der Waals surface area contributed by atoms with Crippen LogP contribution in [0.2, 0.25) is 0 Å². The van der Waals surface area contributed by atoms with E-state index in [2.05, 4.69) is 21.0 Å². The Bertz CT molecular complexity index is 613. The van der Waals surface area contributed by atoms with Crippen molar-refractivity contribution in [2.45, 2.75) is 17.6 Å². The van der Waals surface area contributed by atoms with Gasteiger partial charge in [0.1, 0.15) is 5.56 Å². The number of aromatic nitrogens is 2. The topological polar surface area (TPSA) is 44.1 Å². The normalized spacial score (nSPS) is 10.6. The number of carbonyl (C=O) groups is 1. The lowest BCUT2D eigenvalue weighted by atomic mass is 10.3. The summed E-state index contributed by atoms with van der Waals surface area (Å²) < 4.78 is 7.80. The molecule has 2 aromatic rings. The summed E-state index contributed by atoms with van der Waals surface area (Å²) in [6.45, 7) is 2.16. The zero-order chi connectivity index (χ0) is 14.5. The van der Waals surface area contributed by atoms with E-state index in [0.29, 0.717) is 17.9 Å². The standard InChI is InChI=1S/C14H15BrN2O2S/c1-3-19-14(18)12-8-16-17(2)13(12)9-20-11-6-4-5-10(15)7-11/h4-8H,3,9H2,1-2H3. The van der Waals surface area contributed by atoms with Crippen molar-refractivity contribution in [3.63, 3.8) is 0 Å². The van der Waals surface area contributed by atoms with E-state index in [0.717, 1.165) is 15.1 Å². The third-order valence-electron chi connectivity index (χ3n) is 2.73. The number of benzene rings is 1. The number of hydrogen-bond donors (Lipinski definition) is 0. The van der Waals surface area contributed by atoms with Crippen LogP contribution in [0.25, 0.3) is 0 Å². The molecule has 20 heavy (non-hydrogen) atoms. The third-order valence-corrected chi connectivity index (χ3v) is 4.23. The summed E-state index contributed by atoms with van der Waals surface area (Å²) in [5.74, 6) is 0.353. The molecule has 0 aliphatic rings. The highest BCUT2D eigenvalue weighted by atomic mass is 79.9. The van der Waals surface area contributed by atoms with Crippen molar-refractivity contribution in [2.24, 2.45) is 7.05 Å². The van der Waals surface area contributed by atoms with Crippen LogP contribution < -0.4 is 0 Å². The van der Waals surface area contributed by atoms with E-state index in [9.17, 15) is 4.79 Å². The summed E-state index contributed by atoms with van der Waals surface area (Å²) in [6, 6.07) is 8.06. The molecule has 0 spiro atoms. The van der Waals surface area contributed by atoms with Crippen LogP contribution in [0, 0.1) is 0 Å². The fourth-order valence-electron chi connectivity index (χ4n) is 1.72. The minimum absolute atomic E-state index is 0.314. The number of carbonyl (C=O) groups excluding carboxylic acids is 1. The van der Waals surface area contributed by atoms with E-state index in [1.165, 1.54) is 0 Å². The predicted octanol–water partition coefficient (Wildman–Crippen LogP) is 3.65. The van der Waals surface area contributed by atoms with Crippen LogP contribution >= 0.6 is 27.7 Å². The number of halogens is 1. The second-order valence-electron chi connectivity index (χ2n) is 4.10. The van der Waals surface area contributed by atoms with E-state index in [-0.39, 0.29) is 5.97 Å². The van der Waals surface area contributed by atoms with Gasteiger partial charge >= 0.3 is 5.97 Å². The largest absolute Gasteiger partial charge is 0.462 e. The van der Waals surface area contributed by atoms with Gasteiger partial charge in [-0.05, 0) is 25.1 Å². The summed E-state index contributed by atoms with van der Waals surface area (Å²) in [5, 5.41) is 4.14. The Morgan fingerprint density at radius 2 is 2.30 bits per heavy atom. The molecular formula is C14H15BrN2O2S. The van der Waals surface area contributed by atoms with Crippen LogP contribution in [-0.2, 0) is 17.5 Å². The maximum absolute atomic E-state index is 11.9. The van der Waals surface area contributed by atoms with Crippen molar-refractivity contribution in [1.82, 2.24) is 9.78 Å². The molecule has 0 aliphatic carbocycles. The van der Waals surface area contributed by atoms with Crippen LogP contribution in [-0.4, -0.2) is 22.4 Å². The fourth-order valence-corrected chi connectivity index (χ4v) is 3.30. The number of thioether (sulfide) groups is 1. The van der Waals surface area contributed by atoms with Crippen LogP contribution in [0.15, 0.2) is 39.8 Å². The Kier molecular flexibility index (Phi) is 5.25. The molecule has 1 aromatic carbocycles. The van der Waals surface area contributed by atoms with Crippen molar-refractivity contribution in [3.8, 4) is 0 Å². The molecule has 0 amide bonds. The van der Waals surface area contributed by atoms with Crippen LogP contribution in [0.5, 0.6) is 0 Å². The lowest BCUT2D eigenvalue weighted by Crippen LogP contribution is -2.08. The predicted molar refractivity (Wildman–Crippen MR) is 82.9 cm³/mol. The molecule has 0 saturated heterocycles. The minimum Gasteiger partial charge on any atom is -0.462 e. The SMILES string of the molecule is CCOC(=O)c1cnn(C)c1CSc1cccc(Br)c1. The molecule has 0 saturated carbocycles. The van der Waals surface area contributed by atoms with Gasteiger partial charge in [-0.2, -0.15) is 5.10 Å². The van der Waals surface area contributed by atoms with Crippen molar-refractivity contribution in [1.29, 1.82) is 0 Å². The first-order valence-electron chi connectivity index (χ1n) is 6.18. The molecule has 0 N–H and O–H groups in total. The number of rotatable bonds is 5. The number of nitrogens with zero attached hydrogens (tertiary/aromatic N) is 2. The quantitative estimate of drug-likeness (QED) is 0.607. The lowest BCUT2D eigenvalue weighted by molar-refractivity contribution is 0.0525. The monoisotopic (exact) mass is 354 g/mol. The van der Waals surface area contributed by atoms with Gasteiger partial charge in [0.2, 0.25) is 0 Å². The van der Waals surface area contributed by atoms with E-state index in [4.69, 9.17) is 4.74 Å². The Labute approximate surface area is 130 Å². The summed E-state index contributed by atoms with van der Waals surface area (Å²) in [6.07, 6.45) is 1.56. The number of ether oxygens (including phenoxy) is 1. The zero-order valence-electron chi connectivity index (χ0n) is 11.3. The molecular weight excluding hydrogens is 340 g/mol. The first-order chi connectivity index (χ1) is 9.61. The van der Waals surface area contributed by atoms with Crippen molar-refractivity contribution < 1.29 is 9.53 Å². The minimum atomic E-state index is -0.314. The molecule has 0 bridgehead atoms. The first kappa shape index (κ1) is 15.1. The molecule has 0 radical (unpaired) electrons. The van der Waals surface area contributed by atoms with Crippen LogP contribution in [0.3, 0.4) is 0 Å². The van der Waals surface area contributed by atoms with Crippen molar-refractivity contribution in [2.75, 3.05) is 6.61 Å². The van der Waals surface area contributed by atoms with E-state index in [1.807, 2.05) is 31.3 Å². The average molecular weight is 355 g/mol. The number of aryl methyl sites for hydroxylation is 1.